The average molecular weight is 557 g/mol. The number of hydrogen-bond donors (Lipinski definition) is 2. The van der Waals surface area contributed by atoms with E-state index >= 15 is 0 Å². The highest BCUT2D eigenvalue weighted by Crippen LogP contribution is 2.39. The Bertz CT molecular complexity index is 1180. The van der Waals surface area contributed by atoms with Crippen molar-refractivity contribution < 1.29 is 31.9 Å². The van der Waals surface area contributed by atoms with Gasteiger partial charge in [-0.1, -0.05) is 11.6 Å². The van der Waals surface area contributed by atoms with Crippen molar-refractivity contribution >= 4 is 29.2 Å². The number of carbonyl (C=O) groups excluding carboxylic acids is 2. The molecule has 1 aromatic carbocycles. The molecule has 2 amide bonds. The van der Waals surface area contributed by atoms with Crippen LogP contribution in [0.5, 0.6) is 5.75 Å². The minimum Gasteiger partial charge on any atom is -0.476 e. The highest BCUT2D eigenvalue weighted by molar-refractivity contribution is 6.32. The van der Waals surface area contributed by atoms with E-state index in [0.717, 1.165) is 25.8 Å². The van der Waals surface area contributed by atoms with E-state index < -0.39 is 29.5 Å². The van der Waals surface area contributed by atoms with Gasteiger partial charge < -0.3 is 20.3 Å². The highest BCUT2D eigenvalue weighted by atomic mass is 35.5. The van der Waals surface area contributed by atoms with Gasteiger partial charge in [0, 0.05) is 24.3 Å². The van der Waals surface area contributed by atoms with Crippen LogP contribution < -0.4 is 20.3 Å². The second-order valence-corrected chi connectivity index (χ2v) is 10.7. The van der Waals surface area contributed by atoms with E-state index in [4.69, 9.17) is 16.3 Å². The highest BCUT2D eigenvalue weighted by Gasteiger charge is 2.43. The smallest absolute Gasteiger partial charge is 0.408 e. The largest absolute Gasteiger partial charge is 0.476 e. The van der Waals surface area contributed by atoms with Crippen molar-refractivity contribution in [2.45, 2.75) is 82.4 Å². The van der Waals surface area contributed by atoms with Gasteiger partial charge in [0.2, 0.25) is 0 Å². The summed E-state index contributed by atoms with van der Waals surface area (Å²) >= 11 is 6.04. The summed E-state index contributed by atoms with van der Waals surface area (Å²) in [5.41, 5.74) is -1.21. The molecule has 3 atom stereocenters. The molecule has 0 radical (unpaired) electrons. The van der Waals surface area contributed by atoms with Crippen LogP contribution in [0.1, 0.15) is 56.8 Å². The number of piperidine rings is 1. The molecular formula is C26H29ClF4N4O3. The number of aromatic nitrogens is 1. The molecule has 2 bridgehead atoms. The molecule has 2 aliphatic heterocycles. The van der Waals surface area contributed by atoms with Crippen molar-refractivity contribution in [2.24, 2.45) is 0 Å². The Labute approximate surface area is 222 Å². The number of nitrogens with zero attached hydrogens (tertiary/aromatic N) is 2. The molecule has 7 nitrogen and oxygen atoms in total. The standard InChI is InChI=1S/C26H29ClF4N4O3/c1-14(26(29,30)31)33-23(36)15-4-9-22(32-13-15)35-18-6-7-19(35)12-17(11-18)34-24(37)25(2,3)38-21-8-5-16(28)10-20(21)27/h4-5,8-10,13-14,17-19H,6-7,11-12H2,1-3H3,(H,33,36)(H,34,37)/t14-,17?,18?,19?/m0/s1. The zero-order chi connectivity index (χ0) is 27.8. The predicted molar refractivity (Wildman–Crippen MR) is 134 cm³/mol. The Hall–Kier alpha value is -3.08. The summed E-state index contributed by atoms with van der Waals surface area (Å²) in [6.07, 6.45) is -0.117. The van der Waals surface area contributed by atoms with Crippen molar-refractivity contribution in [1.82, 2.24) is 15.6 Å². The van der Waals surface area contributed by atoms with Gasteiger partial charge in [-0.2, -0.15) is 13.2 Å². The number of ether oxygens (including phenoxy) is 1. The monoisotopic (exact) mass is 556 g/mol. The molecule has 206 valence electrons. The molecule has 38 heavy (non-hydrogen) atoms. The molecular weight excluding hydrogens is 528 g/mol. The maximum absolute atomic E-state index is 13.3. The Balaban J connectivity index is 1.36. The van der Waals surface area contributed by atoms with Gasteiger partial charge in [0.25, 0.3) is 11.8 Å². The van der Waals surface area contributed by atoms with Crippen LogP contribution in [0.3, 0.4) is 0 Å². The molecule has 2 N–H and O–H groups in total. The lowest BCUT2D eigenvalue weighted by Crippen LogP contribution is -2.55. The average Bonchev–Trinajstić information content (AvgIpc) is 3.10. The van der Waals surface area contributed by atoms with Crippen LogP contribution in [-0.2, 0) is 4.79 Å². The number of pyridine rings is 1. The number of carbonyl (C=O) groups is 2. The summed E-state index contributed by atoms with van der Waals surface area (Å²) in [5, 5.41) is 5.07. The van der Waals surface area contributed by atoms with Crippen molar-refractivity contribution in [1.29, 1.82) is 0 Å². The van der Waals surface area contributed by atoms with Crippen LogP contribution in [0.15, 0.2) is 36.5 Å². The van der Waals surface area contributed by atoms with E-state index in [-0.39, 0.29) is 40.4 Å². The van der Waals surface area contributed by atoms with Crippen molar-refractivity contribution in [3.8, 4) is 5.75 Å². The fourth-order valence-corrected chi connectivity index (χ4v) is 5.15. The number of alkyl halides is 3. The number of anilines is 1. The third kappa shape index (κ3) is 6.14. The predicted octanol–water partition coefficient (Wildman–Crippen LogP) is 5.03. The number of fused-ring (bicyclic) bond motifs is 2. The fourth-order valence-electron chi connectivity index (χ4n) is 4.94. The van der Waals surface area contributed by atoms with E-state index in [9.17, 15) is 27.2 Å². The quantitative estimate of drug-likeness (QED) is 0.468. The number of rotatable bonds is 7. The van der Waals surface area contributed by atoms with Gasteiger partial charge in [0.05, 0.1) is 10.6 Å². The number of benzene rings is 1. The van der Waals surface area contributed by atoms with E-state index in [1.54, 1.807) is 19.9 Å². The molecule has 2 fully saturated rings. The number of halogens is 5. The molecule has 4 rings (SSSR count). The second-order valence-electron chi connectivity index (χ2n) is 10.3. The lowest BCUT2D eigenvalue weighted by atomic mass is 9.96. The molecule has 2 aliphatic rings. The van der Waals surface area contributed by atoms with Gasteiger partial charge in [-0.05, 0) is 76.8 Å². The zero-order valence-corrected chi connectivity index (χ0v) is 21.9. The third-order valence-corrected chi connectivity index (χ3v) is 7.28. The minimum absolute atomic E-state index is 0.0443. The van der Waals surface area contributed by atoms with Gasteiger partial charge in [0.15, 0.2) is 5.60 Å². The first-order valence-corrected chi connectivity index (χ1v) is 12.7. The van der Waals surface area contributed by atoms with Gasteiger partial charge in [-0.25, -0.2) is 9.37 Å². The van der Waals surface area contributed by atoms with E-state index in [1.807, 2.05) is 5.32 Å². The molecule has 2 saturated heterocycles. The summed E-state index contributed by atoms with van der Waals surface area (Å²) in [7, 11) is 0. The van der Waals surface area contributed by atoms with E-state index in [2.05, 4.69) is 15.2 Å². The van der Waals surface area contributed by atoms with Crippen LogP contribution >= 0.6 is 11.6 Å². The van der Waals surface area contributed by atoms with Gasteiger partial charge >= 0.3 is 6.18 Å². The van der Waals surface area contributed by atoms with Gasteiger partial charge in [0.1, 0.15) is 23.4 Å². The first-order valence-electron chi connectivity index (χ1n) is 12.3. The Morgan fingerprint density at radius 1 is 1.13 bits per heavy atom. The molecule has 3 heterocycles. The summed E-state index contributed by atoms with van der Waals surface area (Å²) in [6.45, 7) is 4.11. The summed E-state index contributed by atoms with van der Waals surface area (Å²) in [5.74, 6) is -0.825. The molecule has 0 spiro atoms. The topological polar surface area (TPSA) is 83.6 Å². The first kappa shape index (κ1) is 27.9. The lowest BCUT2D eigenvalue weighted by molar-refractivity contribution is -0.149. The van der Waals surface area contributed by atoms with Gasteiger partial charge in [-0.3, -0.25) is 9.59 Å². The first-order chi connectivity index (χ1) is 17.7. The Morgan fingerprint density at radius 2 is 1.79 bits per heavy atom. The van der Waals surface area contributed by atoms with Crippen LogP contribution in [0.25, 0.3) is 0 Å². The third-order valence-electron chi connectivity index (χ3n) is 6.99. The number of amides is 2. The molecule has 2 unspecified atom stereocenters. The molecule has 12 heteroatoms. The maximum Gasteiger partial charge on any atom is 0.408 e. The van der Waals surface area contributed by atoms with Crippen LogP contribution in [-0.4, -0.2) is 52.7 Å². The van der Waals surface area contributed by atoms with Crippen LogP contribution in [0, 0.1) is 5.82 Å². The summed E-state index contributed by atoms with van der Waals surface area (Å²) in [6, 6.07) is 4.95. The number of nitrogens with one attached hydrogen (secondary N) is 2. The van der Waals surface area contributed by atoms with E-state index in [0.29, 0.717) is 18.7 Å². The Morgan fingerprint density at radius 3 is 2.34 bits per heavy atom. The second kappa shape index (κ2) is 10.6. The normalized spacial score (nSPS) is 22.1. The van der Waals surface area contributed by atoms with Crippen molar-refractivity contribution in [2.75, 3.05) is 4.90 Å². The lowest BCUT2D eigenvalue weighted by Gasteiger charge is -2.40. The minimum atomic E-state index is -4.53. The Kier molecular flexibility index (Phi) is 7.79. The zero-order valence-electron chi connectivity index (χ0n) is 21.1. The van der Waals surface area contributed by atoms with Crippen LogP contribution in [0.4, 0.5) is 23.4 Å². The molecule has 2 aromatic rings. The summed E-state index contributed by atoms with van der Waals surface area (Å²) in [4.78, 5) is 31.7. The van der Waals surface area contributed by atoms with Crippen molar-refractivity contribution in [3.05, 3.63) is 52.9 Å². The molecule has 0 saturated carbocycles. The number of hydrogen-bond acceptors (Lipinski definition) is 5. The fraction of sp³-hybridized carbons (Fsp3) is 0.500. The van der Waals surface area contributed by atoms with Crippen LogP contribution in [0.2, 0.25) is 5.02 Å². The van der Waals surface area contributed by atoms with E-state index in [1.165, 1.54) is 24.4 Å². The summed E-state index contributed by atoms with van der Waals surface area (Å²) < 4.78 is 57.4. The molecule has 0 aliphatic carbocycles. The van der Waals surface area contributed by atoms with Crippen molar-refractivity contribution in [3.63, 3.8) is 0 Å². The maximum atomic E-state index is 13.3. The molecule has 1 aromatic heterocycles. The van der Waals surface area contributed by atoms with Gasteiger partial charge in [-0.15, -0.1) is 0 Å². The SMILES string of the molecule is C[C@H](NC(=O)c1ccc(N2C3CCC2CC(NC(=O)C(C)(C)Oc2ccc(F)cc2Cl)C3)nc1)C(F)(F)F.